The van der Waals surface area contributed by atoms with Crippen LogP contribution in [0.15, 0.2) is 66.9 Å². The molecule has 1 heterocycles. The third-order valence-corrected chi connectivity index (χ3v) is 4.62. The smallest absolute Gasteiger partial charge is 0.257 e. The summed E-state index contributed by atoms with van der Waals surface area (Å²) < 4.78 is 1.77. The summed E-state index contributed by atoms with van der Waals surface area (Å²) in [5.41, 5.74) is 3.28. The predicted octanol–water partition coefficient (Wildman–Crippen LogP) is 3.38. The number of carbonyl (C=O) groups excluding carboxylic acids is 1. The van der Waals surface area contributed by atoms with Crippen LogP contribution < -0.4 is 0 Å². The van der Waals surface area contributed by atoms with E-state index in [9.17, 15) is 9.90 Å². The van der Waals surface area contributed by atoms with Gasteiger partial charge in [-0.3, -0.25) is 4.79 Å². The Morgan fingerprint density at radius 1 is 1.12 bits per heavy atom. The van der Waals surface area contributed by atoms with Crippen LogP contribution in [-0.2, 0) is 0 Å². The lowest BCUT2D eigenvalue weighted by molar-refractivity contribution is 0.0704. The van der Waals surface area contributed by atoms with Crippen LogP contribution in [0.25, 0.3) is 5.69 Å². The lowest BCUT2D eigenvalue weighted by Gasteiger charge is -2.28. The van der Waals surface area contributed by atoms with E-state index in [0.717, 1.165) is 16.9 Å². The third-order valence-electron chi connectivity index (χ3n) is 4.62. The number of carbonyl (C=O) groups is 1. The van der Waals surface area contributed by atoms with Crippen LogP contribution in [0.4, 0.5) is 0 Å². The molecule has 1 atom stereocenters. The molecular formula is C21H23N3O2. The molecule has 5 nitrogen and oxygen atoms in total. The lowest BCUT2D eigenvalue weighted by Crippen LogP contribution is -2.32. The zero-order valence-electron chi connectivity index (χ0n) is 15.0. The normalized spacial score (nSPS) is 12.0. The standard InChI is InChI=1S/C21H23N3O2/c1-16-19(15-22-24(16)18-11-7-4-8-12-18)21(26)23(2)20(13-14-25)17-9-5-3-6-10-17/h3-12,15,20,25H,13-14H2,1-2H3. The molecule has 0 aliphatic carbocycles. The molecule has 5 heteroatoms. The number of nitrogens with zero attached hydrogens (tertiary/aromatic N) is 3. The maximum absolute atomic E-state index is 13.1. The van der Waals surface area contributed by atoms with Gasteiger partial charge in [0.15, 0.2) is 0 Å². The van der Waals surface area contributed by atoms with Crippen molar-refractivity contribution >= 4 is 5.91 Å². The minimum absolute atomic E-state index is 0.0133. The van der Waals surface area contributed by atoms with Crippen molar-refractivity contribution in [2.75, 3.05) is 13.7 Å². The molecule has 0 radical (unpaired) electrons. The van der Waals surface area contributed by atoms with Gasteiger partial charge >= 0.3 is 0 Å². The molecule has 0 saturated carbocycles. The van der Waals surface area contributed by atoms with Gasteiger partial charge in [0, 0.05) is 13.7 Å². The zero-order chi connectivity index (χ0) is 18.5. The van der Waals surface area contributed by atoms with Crippen molar-refractivity contribution in [3.63, 3.8) is 0 Å². The first-order chi connectivity index (χ1) is 12.6. The van der Waals surface area contributed by atoms with E-state index in [-0.39, 0.29) is 18.6 Å². The number of aliphatic hydroxyl groups excluding tert-OH is 1. The van der Waals surface area contributed by atoms with Crippen molar-refractivity contribution in [3.05, 3.63) is 83.7 Å². The quantitative estimate of drug-likeness (QED) is 0.742. The summed E-state index contributed by atoms with van der Waals surface area (Å²) in [4.78, 5) is 14.8. The van der Waals surface area contributed by atoms with Crippen LogP contribution in [0, 0.1) is 6.92 Å². The van der Waals surface area contributed by atoms with Gasteiger partial charge in [-0.1, -0.05) is 48.5 Å². The minimum Gasteiger partial charge on any atom is -0.396 e. The summed E-state index contributed by atoms with van der Waals surface area (Å²) in [5.74, 6) is -0.105. The van der Waals surface area contributed by atoms with Crippen molar-refractivity contribution in [1.82, 2.24) is 14.7 Å². The van der Waals surface area contributed by atoms with E-state index in [1.54, 1.807) is 22.8 Å². The summed E-state index contributed by atoms with van der Waals surface area (Å²) in [7, 11) is 1.77. The molecule has 0 bridgehead atoms. The number of amides is 1. The molecule has 1 unspecified atom stereocenters. The van der Waals surface area contributed by atoms with Gasteiger partial charge in [0.2, 0.25) is 0 Å². The van der Waals surface area contributed by atoms with Gasteiger partial charge in [0.25, 0.3) is 5.91 Å². The second-order valence-corrected chi connectivity index (χ2v) is 6.25. The summed E-state index contributed by atoms with van der Waals surface area (Å²) in [6.07, 6.45) is 2.10. The molecule has 0 aliphatic rings. The maximum atomic E-state index is 13.1. The monoisotopic (exact) mass is 349 g/mol. The highest BCUT2D eigenvalue weighted by Gasteiger charge is 2.25. The Kier molecular flexibility index (Phi) is 5.49. The van der Waals surface area contributed by atoms with Crippen LogP contribution in [0.5, 0.6) is 0 Å². The van der Waals surface area contributed by atoms with E-state index in [0.29, 0.717) is 12.0 Å². The zero-order valence-corrected chi connectivity index (χ0v) is 15.0. The van der Waals surface area contributed by atoms with Crippen molar-refractivity contribution in [2.24, 2.45) is 0 Å². The highest BCUT2D eigenvalue weighted by Crippen LogP contribution is 2.25. The molecule has 0 aliphatic heterocycles. The van der Waals surface area contributed by atoms with Gasteiger partial charge in [-0.2, -0.15) is 5.10 Å². The molecule has 0 fully saturated rings. The number of benzene rings is 2. The van der Waals surface area contributed by atoms with Crippen molar-refractivity contribution in [3.8, 4) is 5.69 Å². The molecular weight excluding hydrogens is 326 g/mol. The van der Waals surface area contributed by atoms with Crippen molar-refractivity contribution in [1.29, 1.82) is 0 Å². The lowest BCUT2D eigenvalue weighted by atomic mass is 10.0. The highest BCUT2D eigenvalue weighted by molar-refractivity contribution is 5.95. The number of para-hydroxylation sites is 1. The summed E-state index contributed by atoms with van der Waals surface area (Å²) >= 11 is 0. The Morgan fingerprint density at radius 2 is 1.73 bits per heavy atom. The van der Waals surface area contributed by atoms with Crippen molar-refractivity contribution in [2.45, 2.75) is 19.4 Å². The average Bonchev–Trinajstić information content (AvgIpc) is 3.07. The number of hydrogen-bond donors (Lipinski definition) is 1. The van der Waals surface area contributed by atoms with Gasteiger partial charge in [-0.05, 0) is 31.0 Å². The third kappa shape index (κ3) is 3.53. The first-order valence-electron chi connectivity index (χ1n) is 8.66. The first-order valence-corrected chi connectivity index (χ1v) is 8.66. The topological polar surface area (TPSA) is 58.4 Å². The molecule has 0 spiro atoms. The Balaban J connectivity index is 1.90. The molecule has 26 heavy (non-hydrogen) atoms. The molecule has 134 valence electrons. The minimum atomic E-state index is -0.187. The van der Waals surface area contributed by atoms with Crippen LogP contribution in [0.1, 0.15) is 34.1 Å². The van der Waals surface area contributed by atoms with E-state index in [2.05, 4.69) is 5.10 Å². The van der Waals surface area contributed by atoms with Gasteiger partial charge in [0.05, 0.1) is 29.2 Å². The van der Waals surface area contributed by atoms with Gasteiger partial charge in [0.1, 0.15) is 0 Å². The number of rotatable bonds is 6. The molecule has 1 amide bonds. The fourth-order valence-electron chi connectivity index (χ4n) is 3.16. The highest BCUT2D eigenvalue weighted by atomic mass is 16.3. The Hall–Kier alpha value is -2.92. The summed E-state index contributed by atoms with van der Waals surface area (Å²) in [5, 5.41) is 13.8. The summed E-state index contributed by atoms with van der Waals surface area (Å²) in [6, 6.07) is 19.3. The largest absolute Gasteiger partial charge is 0.396 e. The second-order valence-electron chi connectivity index (χ2n) is 6.25. The van der Waals surface area contributed by atoms with E-state index in [1.807, 2.05) is 67.6 Å². The average molecular weight is 349 g/mol. The predicted molar refractivity (Wildman–Crippen MR) is 101 cm³/mol. The Bertz CT molecular complexity index is 859. The van der Waals surface area contributed by atoms with Crippen LogP contribution in [0.3, 0.4) is 0 Å². The van der Waals surface area contributed by atoms with Crippen LogP contribution in [-0.4, -0.2) is 39.3 Å². The van der Waals surface area contributed by atoms with E-state index >= 15 is 0 Å². The maximum Gasteiger partial charge on any atom is 0.257 e. The Morgan fingerprint density at radius 3 is 2.35 bits per heavy atom. The fraction of sp³-hybridized carbons (Fsp3) is 0.238. The summed E-state index contributed by atoms with van der Waals surface area (Å²) in [6.45, 7) is 1.91. The molecule has 0 saturated heterocycles. The van der Waals surface area contributed by atoms with Crippen molar-refractivity contribution < 1.29 is 9.90 Å². The van der Waals surface area contributed by atoms with E-state index in [1.165, 1.54) is 0 Å². The number of hydrogen-bond acceptors (Lipinski definition) is 3. The van der Waals surface area contributed by atoms with Gasteiger partial charge < -0.3 is 10.0 Å². The first kappa shape index (κ1) is 17.9. The van der Waals surface area contributed by atoms with Crippen LogP contribution >= 0.6 is 0 Å². The molecule has 3 aromatic rings. The number of aromatic nitrogens is 2. The molecule has 2 aromatic carbocycles. The van der Waals surface area contributed by atoms with Gasteiger partial charge in [-0.15, -0.1) is 0 Å². The van der Waals surface area contributed by atoms with E-state index < -0.39 is 0 Å². The second kappa shape index (κ2) is 7.97. The fourth-order valence-corrected chi connectivity index (χ4v) is 3.16. The Labute approximate surface area is 153 Å². The molecule has 1 aromatic heterocycles. The van der Waals surface area contributed by atoms with E-state index in [4.69, 9.17) is 0 Å². The van der Waals surface area contributed by atoms with Crippen LogP contribution in [0.2, 0.25) is 0 Å². The SMILES string of the molecule is Cc1c(C(=O)N(C)C(CCO)c2ccccc2)cnn1-c1ccccc1. The van der Waals surface area contributed by atoms with Gasteiger partial charge in [-0.25, -0.2) is 4.68 Å². The molecule has 3 rings (SSSR count). The number of aliphatic hydroxyl groups is 1. The molecule has 1 N–H and O–H groups in total.